The SMILES string of the molecule is CSc1ccc(C(O)CNC(=O)C(=O)Nc2cccc(C)c2C)cc1. The van der Waals surface area contributed by atoms with Gasteiger partial charge in [-0.15, -0.1) is 11.8 Å². The van der Waals surface area contributed by atoms with E-state index in [4.69, 9.17) is 0 Å². The summed E-state index contributed by atoms with van der Waals surface area (Å²) >= 11 is 1.61. The average molecular weight is 358 g/mol. The molecule has 132 valence electrons. The van der Waals surface area contributed by atoms with Crippen LogP contribution in [0.1, 0.15) is 22.8 Å². The Morgan fingerprint density at radius 1 is 1.08 bits per heavy atom. The van der Waals surface area contributed by atoms with Gasteiger partial charge >= 0.3 is 11.8 Å². The van der Waals surface area contributed by atoms with Crippen molar-refractivity contribution in [3.8, 4) is 0 Å². The van der Waals surface area contributed by atoms with Crippen molar-refractivity contribution in [2.45, 2.75) is 24.8 Å². The van der Waals surface area contributed by atoms with Gasteiger partial charge in [0.15, 0.2) is 0 Å². The first-order valence-electron chi connectivity index (χ1n) is 7.89. The lowest BCUT2D eigenvalue weighted by molar-refractivity contribution is -0.136. The maximum Gasteiger partial charge on any atom is 0.313 e. The maximum atomic E-state index is 12.0. The fourth-order valence-corrected chi connectivity index (χ4v) is 2.69. The molecule has 0 aromatic heterocycles. The standard InChI is InChI=1S/C19H22N2O3S/c1-12-5-4-6-16(13(12)2)21-19(24)18(23)20-11-17(22)14-7-9-15(25-3)10-8-14/h4-10,17,22H,11H2,1-3H3,(H,20,23)(H,21,24). The Morgan fingerprint density at radius 3 is 2.40 bits per heavy atom. The van der Waals surface area contributed by atoms with Gasteiger partial charge in [0.05, 0.1) is 6.10 Å². The van der Waals surface area contributed by atoms with E-state index in [9.17, 15) is 14.7 Å². The number of aryl methyl sites for hydroxylation is 1. The maximum absolute atomic E-state index is 12.0. The average Bonchev–Trinajstić information content (AvgIpc) is 2.63. The molecule has 1 atom stereocenters. The fraction of sp³-hybridized carbons (Fsp3) is 0.263. The van der Waals surface area contributed by atoms with Crippen LogP contribution in [0.4, 0.5) is 5.69 Å². The molecule has 0 aliphatic carbocycles. The van der Waals surface area contributed by atoms with Crippen molar-refractivity contribution in [1.29, 1.82) is 0 Å². The minimum absolute atomic E-state index is 0.0301. The Balaban J connectivity index is 1.90. The van der Waals surface area contributed by atoms with Gasteiger partial charge in [-0.1, -0.05) is 24.3 Å². The van der Waals surface area contributed by atoms with Gasteiger partial charge in [0.25, 0.3) is 0 Å². The van der Waals surface area contributed by atoms with Crippen LogP contribution in [-0.2, 0) is 9.59 Å². The number of amides is 2. The van der Waals surface area contributed by atoms with Gasteiger partial charge in [-0.25, -0.2) is 0 Å². The second kappa shape index (κ2) is 8.69. The van der Waals surface area contributed by atoms with Crippen LogP contribution in [-0.4, -0.2) is 29.7 Å². The van der Waals surface area contributed by atoms with E-state index >= 15 is 0 Å². The summed E-state index contributed by atoms with van der Waals surface area (Å²) in [5.41, 5.74) is 3.24. The van der Waals surface area contributed by atoms with Crippen LogP contribution in [0, 0.1) is 13.8 Å². The predicted octanol–water partition coefficient (Wildman–Crippen LogP) is 2.81. The lowest BCUT2D eigenvalue weighted by Crippen LogP contribution is -2.37. The van der Waals surface area contributed by atoms with Crippen molar-refractivity contribution < 1.29 is 14.7 Å². The molecule has 0 bridgehead atoms. The molecule has 3 N–H and O–H groups in total. The Labute approximate surface area is 151 Å². The second-order valence-electron chi connectivity index (χ2n) is 5.70. The quantitative estimate of drug-likeness (QED) is 0.567. The summed E-state index contributed by atoms with van der Waals surface area (Å²) in [6.07, 6.45) is 1.11. The van der Waals surface area contributed by atoms with E-state index in [0.29, 0.717) is 11.3 Å². The molecule has 0 saturated heterocycles. The van der Waals surface area contributed by atoms with Crippen LogP contribution in [0.15, 0.2) is 47.4 Å². The number of rotatable bonds is 5. The molecular formula is C19H22N2O3S. The van der Waals surface area contributed by atoms with Crippen molar-refractivity contribution >= 4 is 29.3 Å². The minimum atomic E-state index is -0.867. The first-order chi connectivity index (χ1) is 11.9. The molecular weight excluding hydrogens is 336 g/mol. The van der Waals surface area contributed by atoms with E-state index in [1.165, 1.54) is 0 Å². The third-order valence-electron chi connectivity index (χ3n) is 4.02. The highest BCUT2D eigenvalue weighted by Crippen LogP contribution is 2.19. The molecule has 2 rings (SSSR count). The molecule has 6 heteroatoms. The highest BCUT2D eigenvalue weighted by molar-refractivity contribution is 7.98. The van der Waals surface area contributed by atoms with Crippen LogP contribution in [0.2, 0.25) is 0 Å². The Bertz CT molecular complexity index is 760. The monoisotopic (exact) mass is 358 g/mol. The molecule has 25 heavy (non-hydrogen) atoms. The fourth-order valence-electron chi connectivity index (χ4n) is 2.28. The van der Waals surface area contributed by atoms with Gasteiger partial charge < -0.3 is 15.7 Å². The minimum Gasteiger partial charge on any atom is -0.387 e. The first kappa shape index (κ1) is 19.0. The Hall–Kier alpha value is -2.31. The molecule has 0 aliphatic heterocycles. The van der Waals surface area contributed by atoms with Crippen LogP contribution in [0.25, 0.3) is 0 Å². The largest absolute Gasteiger partial charge is 0.387 e. The zero-order valence-electron chi connectivity index (χ0n) is 14.5. The molecule has 2 aromatic carbocycles. The van der Waals surface area contributed by atoms with Crippen molar-refractivity contribution in [1.82, 2.24) is 5.32 Å². The molecule has 0 saturated carbocycles. The summed E-state index contributed by atoms with van der Waals surface area (Å²) in [7, 11) is 0. The predicted molar refractivity (Wildman–Crippen MR) is 101 cm³/mol. The number of anilines is 1. The van der Waals surface area contributed by atoms with Gasteiger partial charge in [0.1, 0.15) is 0 Å². The third-order valence-corrected chi connectivity index (χ3v) is 4.76. The van der Waals surface area contributed by atoms with Crippen molar-refractivity contribution in [3.63, 3.8) is 0 Å². The number of hydrogen-bond acceptors (Lipinski definition) is 4. The first-order valence-corrected chi connectivity index (χ1v) is 9.12. The van der Waals surface area contributed by atoms with E-state index in [1.807, 2.05) is 44.4 Å². The van der Waals surface area contributed by atoms with Gasteiger partial charge in [-0.05, 0) is 55.0 Å². The zero-order chi connectivity index (χ0) is 18.4. The lowest BCUT2D eigenvalue weighted by atomic mass is 10.1. The number of nitrogens with one attached hydrogen (secondary N) is 2. The summed E-state index contributed by atoms with van der Waals surface area (Å²) in [6.45, 7) is 3.78. The molecule has 2 amide bonds. The van der Waals surface area contributed by atoms with Gasteiger partial charge in [0, 0.05) is 17.1 Å². The zero-order valence-corrected chi connectivity index (χ0v) is 15.3. The van der Waals surface area contributed by atoms with E-state index < -0.39 is 17.9 Å². The lowest BCUT2D eigenvalue weighted by Gasteiger charge is -2.13. The molecule has 0 fully saturated rings. The van der Waals surface area contributed by atoms with Crippen LogP contribution in [0.3, 0.4) is 0 Å². The number of aliphatic hydroxyl groups excluding tert-OH is 1. The van der Waals surface area contributed by atoms with E-state index in [1.54, 1.807) is 30.0 Å². The smallest absolute Gasteiger partial charge is 0.313 e. The highest BCUT2D eigenvalue weighted by Gasteiger charge is 2.17. The number of carbonyl (C=O) groups is 2. The van der Waals surface area contributed by atoms with Crippen molar-refractivity contribution in [2.24, 2.45) is 0 Å². The third kappa shape index (κ3) is 5.08. The van der Waals surface area contributed by atoms with Crippen LogP contribution >= 0.6 is 11.8 Å². The van der Waals surface area contributed by atoms with Gasteiger partial charge in [0.2, 0.25) is 0 Å². The number of aliphatic hydroxyl groups is 1. The number of benzene rings is 2. The normalized spacial score (nSPS) is 11.7. The van der Waals surface area contributed by atoms with Crippen LogP contribution in [0.5, 0.6) is 0 Å². The highest BCUT2D eigenvalue weighted by atomic mass is 32.2. The number of thioether (sulfide) groups is 1. The van der Waals surface area contributed by atoms with E-state index in [-0.39, 0.29) is 6.54 Å². The Kier molecular flexibility index (Phi) is 6.61. The van der Waals surface area contributed by atoms with Crippen molar-refractivity contribution in [3.05, 3.63) is 59.2 Å². The van der Waals surface area contributed by atoms with E-state index in [2.05, 4.69) is 10.6 Å². The second-order valence-corrected chi connectivity index (χ2v) is 6.58. The van der Waals surface area contributed by atoms with Gasteiger partial charge in [-0.3, -0.25) is 9.59 Å². The summed E-state index contributed by atoms with van der Waals surface area (Å²) < 4.78 is 0. The van der Waals surface area contributed by atoms with E-state index in [0.717, 1.165) is 16.0 Å². The molecule has 0 heterocycles. The molecule has 2 aromatic rings. The molecule has 5 nitrogen and oxygen atoms in total. The Morgan fingerprint density at radius 2 is 1.76 bits per heavy atom. The summed E-state index contributed by atoms with van der Waals surface area (Å²) in [5, 5.41) is 15.2. The summed E-state index contributed by atoms with van der Waals surface area (Å²) in [5.74, 6) is -1.53. The molecule has 0 radical (unpaired) electrons. The number of carbonyl (C=O) groups excluding carboxylic acids is 2. The number of hydrogen-bond donors (Lipinski definition) is 3. The molecule has 0 aliphatic rings. The van der Waals surface area contributed by atoms with Crippen molar-refractivity contribution in [2.75, 3.05) is 18.1 Å². The summed E-state index contributed by atoms with van der Waals surface area (Å²) in [4.78, 5) is 25.0. The van der Waals surface area contributed by atoms with Crippen LogP contribution < -0.4 is 10.6 Å². The van der Waals surface area contributed by atoms with Gasteiger partial charge in [-0.2, -0.15) is 0 Å². The summed E-state index contributed by atoms with van der Waals surface area (Å²) in [6, 6.07) is 12.9. The topological polar surface area (TPSA) is 78.4 Å². The molecule has 0 spiro atoms. The molecule has 1 unspecified atom stereocenters.